The summed E-state index contributed by atoms with van der Waals surface area (Å²) < 4.78 is 9.37. The number of rotatable bonds is 7. The molecule has 1 unspecified atom stereocenters. The molecule has 0 aromatic carbocycles. The SMILES string of the molecule is CCOC(=O)/C(C)=C/Nc1cccc(C)n1.CCOC(=O)C(C)C=O. The molecule has 1 N–H and O–H groups in total. The van der Waals surface area contributed by atoms with Gasteiger partial charge in [-0.3, -0.25) is 4.79 Å². The summed E-state index contributed by atoms with van der Waals surface area (Å²) in [5.74, 6) is -0.677. The van der Waals surface area contributed by atoms with Gasteiger partial charge in [0, 0.05) is 11.9 Å². The summed E-state index contributed by atoms with van der Waals surface area (Å²) in [7, 11) is 0. The van der Waals surface area contributed by atoms with Crippen LogP contribution in [-0.4, -0.2) is 36.4 Å². The van der Waals surface area contributed by atoms with Crippen LogP contribution >= 0.6 is 0 Å². The van der Waals surface area contributed by atoms with E-state index >= 15 is 0 Å². The van der Waals surface area contributed by atoms with Crippen molar-refractivity contribution in [2.24, 2.45) is 5.92 Å². The number of nitrogens with zero attached hydrogens (tertiary/aromatic N) is 1. The molecule has 7 heteroatoms. The highest BCUT2D eigenvalue weighted by Gasteiger charge is 2.10. The molecule has 0 saturated carbocycles. The van der Waals surface area contributed by atoms with Crippen LogP contribution in [0.25, 0.3) is 0 Å². The molecule has 1 aromatic heterocycles. The van der Waals surface area contributed by atoms with Crippen molar-refractivity contribution in [3.8, 4) is 0 Å². The van der Waals surface area contributed by atoms with Crippen LogP contribution in [0.3, 0.4) is 0 Å². The van der Waals surface area contributed by atoms with Gasteiger partial charge in [-0.25, -0.2) is 9.78 Å². The molecule has 1 aromatic rings. The second-order valence-corrected chi connectivity index (χ2v) is 5.03. The van der Waals surface area contributed by atoms with Crippen LogP contribution in [0.15, 0.2) is 30.0 Å². The fourth-order valence-electron chi connectivity index (χ4n) is 1.44. The molecule has 7 nitrogen and oxygen atoms in total. The number of aryl methyl sites for hydroxylation is 1. The van der Waals surface area contributed by atoms with E-state index in [1.54, 1.807) is 27.0 Å². The number of esters is 2. The lowest BCUT2D eigenvalue weighted by atomic mass is 10.2. The second kappa shape index (κ2) is 12.7. The molecule has 0 spiro atoms. The fraction of sp³-hybridized carbons (Fsp3) is 0.444. The maximum Gasteiger partial charge on any atom is 0.335 e. The van der Waals surface area contributed by atoms with Crippen molar-refractivity contribution in [1.82, 2.24) is 4.98 Å². The number of aldehydes is 1. The lowest BCUT2D eigenvalue weighted by molar-refractivity contribution is -0.148. The number of nitrogens with one attached hydrogen (secondary N) is 1. The number of aromatic nitrogens is 1. The Morgan fingerprint density at radius 1 is 1.24 bits per heavy atom. The maximum absolute atomic E-state index is 11.3. The first-order valence-corrected chi connectivity index (χ1v) is 8.01. The highest BCUT2D eigenvalue weighted by molar-refractivity contribution is 5.88. The molecule has 0 fully saturated rings. The van der Waals surface area contributed by atoms with Crippen LogP contribution in [-0.2, 0) is 23.9 Å². The molecule has 0 aliphatic heterocycles. The number of carbonyl (C=O) groups excluding carboxylic acids is 3. The maximum atomic E-state index is 11.3. The summed E-state index contributed by atoms with van der Waals surface area (Å²) in [5.41, 5.74) is 1.44. The van der Waals surface area contributed by atoms with E-state index in [1.165, 1.54) is 6.92 Å². The van der Waals surface area contributed by atoms with Crippen molar-refractivity contribution in [2.45, 2.75) is 34.6 Å². The Balaban J connectivity index is 0.000000547. The zero-order valence-corrected chi connectivity index (χ0v) is 15.4. The van der Waals surface area contributed by atoms with Crippen molar-refractivity contribution >= 4 is 24.0 Å². The fourth-order valence-corrected chi connectivity index (χ4v) is 1.44. The molecular formula is C18H26N2O5. The molecule has 1 rings (SSSR count). The van der Waals surface area contributed by atoms with Crippen LogP contribution in [0.1, 0.15) is 33.4 Å². The molecule has 0 aliphatic rings. The molecule has 0 aliphatic carbocycles. The molecule has 0 saturated heterocycles. The number of hydrogen-bond donors (Lipinski definition) is 1. The molecule has 0 radical (unpaired) electrons. The van der Waals surface area contributed by atoms with Crippen LogP contribution < -0.4 is 5.32 Å². The van der Waals surface area contributed by atoms with E-state index in [9.17, 15) is 14.4 Å². The Hall–Kier alpha value is -2.70. The van der Waals surface area contributed by atoms with E-state index in [4.69, 9.17) is 4.74 Å². The molecule has 0 bridgehead atoms. The molecule has 25 heavy (non-hydrogen) atoms. The Morgan fingerprint density at radius 3 is 2.40 bits per heavy atom. The summed E-state index contributed by atoms with van der Waals surface area (Å²) in [6.07, 6.45) is 2.16. The summed E-state index contributed by atoms with van der Waals surface area (Å²) in [6, 6.07) is 5.65. The van der Waals surface area contributed by atoms with Gasteiger partial charge in [-0.15, -0.1) is 0 Å². The minimum Gasteiger partial charge on any atom is -0.465 e. The first-order chi connectivity index (χ1) is 11.8. The van der Waals surface area contributed by atoms with Crippen molar-refractivity contribution in [3.63, 3.8) is 0 Å². The van der Waals surface area contributed by atoms with E-state index in [2.05, 4.69) is 15.0 Å². The standard InChI is InChI=1S/C12H16N2O2.C6H10O3/c1-4-16-12(15)9(2)8-13-11-7-5-6-10(3)14-11;1-3-9-6(8)5(2)4-7/h5-8H,4H2,1-3H3,(H,13,14);4-5H,3H2,1-2H3/b9-8+;. The predicted molar refractivity (Wildman–Crippen MR) is 94.8 cm³/mol. The van der Waals surface area contributed by atoms with Gasteiger partial charge in [0.15, 0.2) is 0 Å². The summed E-state index contributed by atoms with van der Waals surface area (Å²) in [6.45, 7) is 9.30. The third-order valence-corrected chi connectivity index (χ3v) is 2.78. The smallest absolute Gasteiger partial charge is 0.335 e. The number of hydrogen-bond acceptors (Lipinski definition) is 7. The second-order valence-electron chi connectivity index (χ2n) is 5.03. The van der Waals surface area contributed by atoms with Crippen molar-refractivity contribution in [2.75, 3.05) is 18.5 Å². The Kier molecular flexibility index (Phi) is 11.3. The quantitative estimate of drug-likeness (QED) is 0.349. The highest BCUT2D eigenvalue weighted by atomic mass is 16.5. The van der Waals surface area contributed by atoms with Crippen molar-refractivity contribution in [1.29, 1.82) is 0 Å². The normalized spacial score (nSPS) is 11.5. The van der Waals surface area contributed by atoms with Gasteiger partial charge in [-0.1, -0.05) is 6.07 Å². The van der Waals surface area contributed by atoms with Gasteiger partial charge in [-0.05, 0) is 46.8 Å². The Morgan fingerprint density at radius 2 is 1.88 bits per heavy atom. The minimum atomic E-state index is -0.620. The monoisotopic (exact) mass is 350 g/mol. The molecule has 1 heterocycles. The first kappa shape index (κ1) is 22.3. The van der Waals surface area contributed by atoms with Gasteiger partial charge < -0.3 is 19.6 Å². The van der Waals surface area contributed by atoms with Gasteiger partial charge in [0.25, 0.3) is 0 Å². The van der Waals surface area contributed by atoms with Crippen molar-refractivity contribution in [3.05, 3.63) is 35.7 Å². The summed E-state index contributed by atoms with van der Waals surface area (Å²) >= 11 is 0. The summed E-state index contributed by atoms with van der Waals surface area (Å²) in [5, 5.41) is 2.95. The van der Waals surface area contributed by atoms with Gasteiger partial charge in [0.1, 0.15) is 18.0 Å². The van der Waals surface area contributed by atoms with Gasteiger partial charge in [0.05, 0.1) is 18.8 Å². The summed E-state index contributed by atoms with van der Waals surface area (Å²) in [4.78, 5) is 36.0. The van der Waals surface area contributed by atoms with Gasteiger partial charge in [0.2, 0.25) is 0 Å². The van der Waals surface area contributed by atoms with E-state index < -0.39 is 11.9 Å². The molecule has 1 atom stereocenters. The molecule has 0 amide bonds. The topological polar surface area (TPSA) is 94.6 Å². The Labute approximate surface area is 148 Å². The van der Waals surface area contributed by atoms with E-state index in [-0.39, 0.29) is 5.97 Å². The van der Waals surface area contributed by atoms with Crippen LogP contribution in [0, 0.1) is 12.8 Å². The molecular weight excluding hydrogens is 324 g/mol. The van der Waals surface area contributed by atoms with Crippen LogP contribution in [0.4, 0.5) is 5.82 Å². The first-order valence-electron chi connectivity index (χ1n) is 8.01. The van der Waals surface area contributed by atoms with Gasteiger partial charge >= 0.3 is 11.9 Å². The number of anilines is 1. The van der Waals surface area contributed by atoms with E-state index in [0.29, 0.717) is 30.9 Å². The molecule has 138 valence electrons. The minimum absolute atomic E-state index is 0.317. The van der Waals surface area contributed by atoms with E-state index in [0.717, 1.165) is 5.69 Å². The number of pyridine rings is 1. The third kappa shape index (κ3) is 9.91. The Bertz CT molecular complexity index is 599. The van der Waals surface area contributed by atoms with Gasteiger partial charge in [-0.2, -0.15) is 0 Å². The van der Waals surface area contributed by atoms with Crippen LogP contribution in [0.5, 0.6) is 0 Å². The lowest BCUT2D eigenvalue weighted by Gasteiger charge is -2.03. The zero-order chi connectivity index (χ0) is 19.2. The highest BCUT2D eigenvalue weighted by Crippen LogP contribution is 2.05. The average molecular weight is 350 g/mol. The number of carbonyl (C=O) groups is 3. The van der Waals surface area contributed by atoms with Crippen LogP contribution in [0.2, 0.25) is 0 Å². The predicted octanol–water partition coefficient (Wildman–Crippen LogP) is 2.65. The van der Waals surface area contributed by atoms with Crippen molar-refractivity contribution < 1.29 is 23.9 Å². The average Bonchev–Trinajstić information content (AvgIpc) is 2.60. The lowest BCUT2D eigenvalue weighted by Crippen LogP contribution is -2.15. The third-order valence-electron chi connectivity index (χ3n) is 2.78. The number of ether oxygens (including phenoxy) is 2. The van der Waals surface area contributed by atoms with E-state index in [1.807, 2.05) is 25.1 Å². The zero-order valence-electron chi connectivity index (χ0n) is 15.4. The largest absolute Gasteiger partial charge is 0.465 e.